The first-order chi connectivity index (χ1) is 11.1. The van der Waals surface area contributed by atoms with E-state index < -0.39 is 5.97 Å². The van der Waals surface area contributed by atoms with E-state index in [4.69, 9.17) is 15.1 Å². The molecule has 2 unspecified atom stereocenters. The van der Waals surface area contributed by atoms with E-state index in [1.165, 1.54) is 12.3 Å². The van der Waals surface area contributed by atoms with Gasteiger partial charge in [0.2, 0.25) is 0 Å². The maximum Gasteiger partial charge on any atom is 0.354 e. The molecule has 0 amide bonds. The van der Waals surface area contributed by atoms with Crippen LogP contribution in [0.1, 0.15) is 30.8 Å². The average Bonchev–Trinajstić information content (AvgIpc) is 2.56. The van der Waals surface area contributed by atoms with Gasteiger partial charge >= 0.3 is 5.97 Å². The topological polar surface area (TPSA) is 96.1 Å². The van der Waals surface area contributed by atoms with Gasteiger partial charge in [-0.1, -0.05) is 19.1 Å². The Morgan fingerprint density at radius 2 is 2.13 bits per heavy atom. The number of hydrogen-bond donors (Lipinski definition) is 1. The molecule has 0 aliphatic carbocycles. The van der Waals surface area contributed by atoms with E-state index in [-0.39, 0.29) is 23.5 Å². The van der Waals surface area contributed by atoms with E-state index in [1.54, 1.807) is 24.3 Å². The molecule has 1 N–H and O–H groups in total. The van der Waals surface area contributed by atoms with Crippen LogP contribution in [-0.4, -0.2) is 27.1 Å². The summed E-state index contributed by atoms with van der Waals surface area (Å²) in [4.78, 5) is 19.2. The zero-order chi connectivity index (χ0) is 16.8. The standard InChI is InChI=1S/C17H17N3O3/c1-3-12(10-18)11(2)23-15-7-5-4-6-13(15)16-19-9-8-14(20-16)17(21)22/h4-9,11-12H,3H2,1-2H3,(H,21,22). The molecule has 118 valence electrons. The zero-order valence-electron chi connectivity index (χ0n) is 12.9. The summed E-state index contributed by atoms with van der Waals surface area (Å²) < 4.78 is 5.89. The number of ether oxygens (including phenoxy) is 1. The number of nitrogens with zero attached hydrogens (tertiary/aromatic N) is 3. The maximum absolute atomic E-state index is 11.1. The van der Waals surface area contributed by atoms with Gasteiger partial charge in [0.15, 0.2) is 11.5 Å². The minimum Gasteiger partial charge on any atom is -0.489 e. The molecule has 2 aromatic rings. The fourth-order valence-corrected chi connectivity index (χ4v) is 2.17. The van der Waals surface area contributed by atoms with Crippen molar-refractivity contribution in [2.45, 2.75) is 26.4 Å². The van der Waals surface area contributed by atoms with Crippen LogP contribution in [-0.2, 0) is 0 Å². The van der Waals surface area contributed by atoms with Crippen LogP contribution in [0, 0.1) is 17.2 Å². The number of benzene rings is 1. The molecular formula is C17H17N3O3. The second-order valence-corrected chi connectivity index (χ2v) is 5.03. The van der Waals surface area contributed by atoms with Crippen molar-refractivity contribution in [1.29, 1.82) is 5.26 Å². The quantitative estimate of drug-likeness (QED) is 0.880. The van der Waals surface area contributed by atoms with E-state index in [1.807, 2.05) is 13.8 Å². The predicted octanol–water partition coefficient (Wildman–Crippen LogP) is 3.16. The molecule has 1 aromatic heterocycles. The summed E-state index contributed by atoms with van der Waals surface area (Å²) >= 11 is 0. The Labute approximate surface area is 134 Å². The predicted molar refractivity (Wildman–Crippen MR) is 83.9 cm³/mol. The number of aromatic nitrogens is 2. The van der Waals surface area contributed by atoms with Gasteiger partial charge in [0, 0.05) is 6.20 Å². The molecule has 0 fully saturated rings. The number of aromatic carboxylic acids is 1. The summed E-state index contributed by atoms with van der Waals surface area (Å²) in [6.45, 7) is 3.77. The molecule has 2 rings (SSSR count). The van der Waals surface area contributed by atoms with Gasteiger partial charge in [-0.05, 0) is 31.5 Å². The third kappa shape index (κ3) is 3.83. The van der Waals surface area contributed by atoms with Crippen molar-refractivity contribution in [3.05, 3.63) is 42.2 Å². The van der Waals surface area contributed by atoms with Gasteiger partial charge in [0.1, 0.15) is 11.9 Å². The first kappa shape index (κ1) is 16.4. The normalized spacial score (nSPS) is 12.9. The monoisotopic (exact) mass is 311 g/mol. The highest BCUT2D eigenvalue weighted by Gasteiger charge is 2.19. The largest absolute Gasteiger partial charge is 0.489 e. The molecule has 0 aliphatic heterocycles. The van der Waals surface area contributed by atoms with Crippen molar-refractivity contribution in [3.63, 3.8) is 0 Å². The fourth-order valence-electron chi connectivity index (χ4n) is 2.17. The van der Waals surface area contributed by atoms with Crippen LogP contribution < -0.4 is 4.74 Å². The third-order valence-electron chi connectivity index (χ3n) is 3.49. The lowest BCUT2D eigenvalue weighted by atomic mass is 10.0. The average molecular weight is 311 g/mol. The van der Waals surface area contributed by atoms with E-state index in [9.17, 15) is 4.79 Å². The molecule has 1 aromatic carbocycles. The van der Waals surface area contributed by atoms with Gasteiger partial charge < -0.3 is 9.84 Å². The molecule has 0 radical (unpaired) electrons. The molecule has 0 saturated heterocycles. The number of para-hydroxylation sites is 1. The van der Waals surface area contributed by atoms with Crippen molar-refractivity contribution in [2.75, 3.05) is 0 Å². The highest BCUT2D eigenvalue weighted by Crippen LogP contribution is 2.29. The molecule has 0 bridgehead atoms. The zero-order valence-corrected chi connectivity index (χ0v) is 12.9. The number of carboxylic acid groups (broad SMARTS) is 1. The van der Waals surface area contributed by atoms with Gasteiger partial charge in [-0.25, -0.2) is 14.8 Å². The molecular weight excluding hydrogens is 294 g/mol. The van der Waals surface area contributed by atoms with Crippen molar-refractivity contribution < 1.29 is 14.6 Å². The number of carbonyl (C=O) groups is 1. The molecule has 23 heavy (non-hydrogen) atoms. The van der Waals surface area contributed by atoms with E-state index >= 15 is 0 Å². The van der Waals surface area contributed by atoms with Crippen LogP contribution >= 0.6 is 0 Å². The Morgan fingerprint density at radius 1 is 1.39 bits per heavy atom. The third-order valence-corrected chi connectivity index (χ3v) is 3.49. The second kappa shape index (κ2) is 7.36. The highest BCUT2D eigenvalue weighted by molar-refractivity contribution is 5.85. The fraction of sp³-hybridized carbons (Fsp3) is 0.294. The second-order valence-electron chi connectivity index (χ2n) is 5.03. The molecule has 0 spiro atoms. The van der Waals surface area contributed by atoms with E-state index in [0.29, 0.717) is 17.7 Å². The van der Waals surface area contributed by atoms with Crippen molar-refractivity contribution >= 4 is 5.97 Å². The Hall–Kier alpha value is -2.94. The maximum atomic E-state index is 11.1. The summed E-state index contributed by atoms with van der Waals surface area (Å²) in [5, 5.41) is 18.2. The highest BCUT2D eigenvalue weighted by atomic mass is 16.5. The Morgan fingerprint density at radius 3 is 2.78 bits per heavy atom. The minimum atomic E-state index is -1.11. The SMILES string of the molecule is CCC(C#N)C(C)Oc1ccccc1-c1nccc(C(=O)O)n1. The summed E-state index contributed by atoms with van der Waals surface area (Å²) in [5.74, 6) is -0.542. The summed E-state index contributed by atoms with van der Waals surface area (Å²) in [6.07, 6.45) is 1.79. The number of carboxylic acids is 1. The van der Waals surface area contributed by atoms with Crippen LogP contribution in [0.3, 0.4) is 0 Å². The van der Waals surface area contributed by atoms with Crippen LogP contribution in [0.4, 0.5) is 0 Å². The first-order valence-corrected chi connectivity index (χ1v) is 7.28. The number of hydrogen-bond acceptors (Lipinski definition) is 5. The molecule has 2 atom stereocenters. The molecule has 6 heteroatoms. The minimum absolute atomic E-state index is 0.0821. The Balaban J connectivity index is 2.36. The van der Waals surface area contributed by atoms with Crippen molar-refractivity contribution in [3.8, 4) is 23.2 Å². The van der Waals surface area contributed by atoms with E-state index in [0.717, 1.165) is 0 Å². The van der Waals surface area contributed by atoms with Crippen LogP contribution in [0.25, 0.3) is 11.4 Å². The summed E-state index contributed by atoms with van der Waals surface area (Å²) in [6, 6.07) is 10.7. The Kier molecular flexibility index (Phi) is 5.26. The van der Waals surface area contributed by atoms with Gasteiger partial charge in [0.25, 0.3) is 0 Å². The van der Waals surface area contributed by atoms with Gasteiger partial charge in [-0.2, -0.15) is 5.26 Å². The number of nitriles is 1. The molecule has 6 nitrogen and oxygen atoms in total. The molecule has 0 aliphatic rings. The van der Waals surface area contributed by atoms with Gasteiger partial charge in [0.05, 0.1) is 17.6 Å². The lowest BCUT2D eigenvalue weighted by Gasteiger charge is -2.20. The molecule has 1 heterocycles. The first-order valence-electron chi connectivity index (χ1n) is 7.28. The van der Waals surface area contributed by atoms with Crippen LogP contribution in [0.2, 0.25) is 0 Å². The van der Waals surface area contributed by atoms with Crippen LogP contribution in [0.5, 0.6) is 5.75 Å². The van der Waals surface area contributed by atoms with Crippen LogP contribution in [0.15, 0.2) is 36.5 Å². The lowest BCUT2D eigenvalue weighted by molar-refractivity contribution is 0.0690. The molecule has 0 saturated carbocycles. The Bertz CT molecular complexity index is 740. The van der Waals surface area contributed by atoms with E-state index in [2.05, 4.69) is 16.0 Å². The lowest BCUT2D eigenvalue weighted by Crippen LogP contribution is -2.22. The van der Waals surface area contributed by atoms with Gasteiger partial charge in [-0.3, -0.25) is 0 Å². The summed E-state index contributed by atoms with van der Waals surface area (Å²) in [5.41, 5.74) is 0.511. The summed E-state index contributed by atoms with van der Waals surface area (Å²) in [7, 11) is 0. The van der Waals surface area contributed by atoms with Gasteiger partial charge in [-0.15, -0.1) is 0 Å². The number of rotatable bonds is 6. The van der Waals surface area contributed by atoms with Crippen molar-refractivity contribution in [1.82, 2.24) is 9.97 Å². The smallest absolute Gasteiger partial charge is 0.354 e. The van der Waals surface area contributed by atoms with Crippen molar-refractivity contribution in [2.24, 2.45) is 5.92 Å².